The van der Waals surface area contributed by atoms with Crippen molar-refractivity contribution >= 4 is 23.6 Å². The lowest BCUT2D eigenvalue weighted by Gasteiger charge is -2.14. The summed E-state index contributed by atoms with van der Waals surface area (Å²) >= 11 is 0. The molecule has 0 N–H and O–H groups in total. The minimum Gasteiger partial charge on any atom is -0.490 e. The van der Waals surface area contributed by atoms with Crippen molar-refractivity contribution < 1.29 is 24.0 Å². The normalized spacial score (nSPS) is 15.8. The van der Waals surface area contributed by atoms with E-state index in [1.54, 1.807) is 19.9 Å². The Labute approximate surface area is 144 Å². The van der Waals surface area contributed by atoms with Crippen LogP contribution in [0.4, 0.5) is 5.69 Å². The zero-order valence-corrected chi connectivity index (χ0v) is 14.4. The van der Waals surface area contributed by atoms with Gasteiger partial charge in [0.25, 0.3) is 5.91 Å². The Kier molecular flexibility index (Phi) is 5.21. The number of hydrogen-bond donors (Lipinski definition) is 0. The quantitative estimate of drug-likeness (QED) is 0.351. The summed E-state index contributed by atoms with van der Waals surface area (Å²) in [6.45, 7) is 3.84. The molecule has 8 nitrogen and oxygen atoms in total. The number of likely N-dealkylation sites (N-methyl/N-ethyl adjacent to an activating group) is 1. The number of nitrogens with zero attached hydrogens (tertiary/aromatic N) is 2. The highest BCUT2D eigenvalue weighted by atomic mass is 16.6. The number of nitro groups is 1. The smallest absolute Gasteiger partial charge is 0.340 e. The van der Waals surface area contributed by atoms with Gasteiger partial charge in [-0.25, -0.2) is 4.79 Å². The van der Waals surface area contributed by atoms with Crippen LogP contribution in [0, 0.1) is 10.1 Å². The molecule has 0 spiro atoms. The van der Waals surface area contributed by atoms with Crippen molar-refractivity contribution in [1.29, 1.82) is 0 Å². The van der Waals surface area contributed by atoms with Crippen molar-refractivity contribution in [2.24, 2.45) is 0 Å². The average Bonchev–Trinajstić information content (AvgIpc) is 2.83. The zero-order valence-electron chi connectivity index (χ0n) is 14.4. The number of amides is 1. The molecule has 0 atom stereocenters. The Morgan fingerprint density at radius 2 is 2.04 bits per heavy atom. The number of esters is 1. The lowest BCUT2D eigenvalue weighted by Crippen LogP contribution is -2.24. The molecule has 2 rings (SSSR count). The Morgan fingerprint density at radius 1 is 1.36 bits per heavy atom. The number of allylic oxidation sites excluding steroid dienone is 1. The summed E-state index contributed by atoms with van der Waals surface area (Å²) in [6.07, 6.45) is 1.44. The highest BCUT2D eigenvalue weighted by Gasteiger charge is 2.36. The molecule has 0 aromatic heterocycles. The minimum absolute atomic E-state index is 0.111. The van der Waals surface area contributed by atoms with Crippen LogP contribution < -0.4 is 4.74 Å². The Bertz CT molecular complexity index is 809. The number of carbonyl (C=O) groups excluding carboxylic acids is 2. The predicted molar refractivity (Wildman–Crippen MR) is 89.7 cm³/mol. The first-order valence-electron chi connectivity index (χ1n) is 7.51. The Hall–Kier alpha value is -3.16. The average molecular weight is 346 g/mol. The number of nitro benzene ring substituents is 1. The number of ether oxygens (including phenoxy) is 2. The zero-order chi connectivity index (χ0) is 18.7. The first-order chi connectivity index (χ1) is 11.8. The second-order valence-corrected chi connectivity index (χ2v) is 5.25. The fourth-order valence-corrected chi connectivity index (χ4v) is 2.72. The van der Waals surface area contributed by atoms with E-state index >= 15 is 0 Å². The van der Waals surface area contributed by atoms with Gasteiger partial charge in [0.05, 0.1) is 30.3 Å². The molecule has 132 valence electrons. The van der Waals surface area contributed by atoms with E-state index in [0.717, 1.165) is 0 Å². The molecule has 25 heavy (non-hydrogen) atoms. The molecule has 0 saturated heterocycles. The molecule has 0 fully saturated rings. The van der Waals surface area contributed by atoms with E-state index in [2.05, 4.69) is 0 Å². The molecule has 0 saturated carbocycles. The van der Waals surface area contributed by atoms with Crippen LogP contribution in [-0.4, -0.2) is 42.5 Å². The van der Waals surface area contributed by atoms with Crippen LogP contribution in [0.2, 0.25) is 0 Å². The van der Waals surface area contributed by atoms with Crippen molar-refractivity contribution in [2.75, 3.05) is 20.8 Å². The fraction of sp³-hybridized carbons (Fsp3) is 0.294. The molecule has 1 aromatic rings. The van der Waals surface area contributed by atoms with Crippen LogP contribution >= 0.6 is 0 Å². The van der Waals surface area contributed by atoms with Crippen LogP contribution in [0.3, 0.4) is 0 Å². The van der Waals surface area contributed by atoms with E-state index in [1.165, 1.54) is 37.3 Å². The van der Waals surface area contributed by atoms with E-state index in [-0.39, 0.29) is 28.5 Å². The maximum Gasteiger partial charge on any atom is 0.340 e. The highest BCUT2D eigenvalue weighted by Crippen LogP contribution is 2.33. The first-order valence-corrected chi connectivity index (χ1v) is 7.51. The molecule has 1 aliphatic heterocycles. The summed E-state index contributed by atoms with van der Waals surface area (Å²) in [6, 6.07) is 4.30. The third-order valence-electron chi connectivity index (χ3n) is 3.93. The lowest BCUT2D eigenvalue weighted by molar-refractivity contribution is -0.385. The summed E-state index contributed by atoms with van der Waals surface area (Å²) in [4.78, 5) is 36.7. The number of hydrogen-bond acceptors (Lipinski definition) is 6. The Balaban J connectivity index is 2.59. The van der Waals surface area contributed by atoms with Gasteiger partial charge in [0.15, 0.2) is 5.75 Å². The fourth-order valence-electron chi connectivity index (χ4n) is 2.72. The van der Waals surface area contributed by atoms with Crippen molar-refractivity contribution in [3.8, 4) is 5.75 Å². The second-order valence-electron chi connectivity index (χ2n) is 5.25. The van der Waals surface area contributed by atoms with Crippen molar-refractivity contribution in [1.82, 2.24) is 4.90 Å². The topological polar surface area (TPSA) is 99.0 Å². The van der Waals surface area contributed by atoms with Gasteiger partial charge in [-0.1, -0.05) is 6.07 Å². The standard InChI is InChI=1S/C17H18N2O6/c1-5-18-10(2)15(17(21)25-4)12(16(18)20)8-11-6-7-14(24-3)13(9-11)19(22)23/h6-9H,5H2,1-4H3/b12-8-. The van der Waals surface area contributed by atoms with E-state index in [9.17, 15) is 19.7 Å². The van der Waals surface area contributed by atoms with Gasteiger partial charge in [0.2, 0.25) is 0 Å². The molecule has 8 heteroatoms. The molecule has 1 amide bonds. The van der Waals surface area contributed by atoms with Crippen LogP contribution in [0.1, 0.15) is 19.4 Å². The summed E-state index contributed by atoms with van der Waals surface area (Å²) in [5.41, 5.74) is 0.977. The molecule has 1 aliphatic rings. The molecule has 0 unspecified atom stereocenters. The third kappa shape index (κ3) is 3.23. The van der Waals surface area contributed by atoms with Gasteiger partial charge in [0, 0.05) is 18.3 Å². The van der Waals surface area contributed by atoms with Gasteiger partial charge in [-0.2, -0.15) is 0 Å². The van der Waals surface area contributed by atoms with Crippen LogP contribution in [0.15, 0.2) is 35.0 Å². The number of rotatable bonds is 5. The van der Waals surface area contributed by atoms with Gasteiger partial charge < -0.3 is 14.4 Å². The summed E-state index contributed by atoms with van der Waals surface area (Å²) in [5.74, 6) is -0.866. The van der Waals surface area contributed by atoms with Gasteiger partial charge in [-0.3, -0.25) is 14.9 Å². The van der Waals surface area contributed by atoms with Crippen molar-refractivity contribution in [3.05, 3.63) is 50.7 Å². The molecule has 1 aromatic carbocycles. The van der Waals surface area contributed by atoms with E-state index in [0.29, 0.717) is 17.8 Å². The Morgan fingerprint density at radius 3 is 2.56 bits per heavy atom. The summed E-state index contributed by atoms with van der Waals surface area (Å²) < 4.78 is 9.73. The second kappa shape index (κ2) is 7.16. The SMILES string of the molecule is CCN1C(=O)/C(=C\c2ccc(OC)c([N+](=O)[O-])c2)C(C(=O)OC)=C1C. The molecule has 0 bridgehead atoms. The molecule has 1 heterocycles. The molecule has 0 aliphatic carbocycles. The lowest BCUT2D eigenvalue weighted by atomic mass is 10.0. The van der Waals surface area contributed by atoms with Gasteiger partial charge in [-0.15, -0.1) is 0 Å². The maximum atomic E-state index is 12.6. The summed E-state index contributed by atoms with van der Waals surface area (Å²) in [7, 11) is 2.57. The van der Waals surface area contributed by atoms with Crippen LogP contribution in [-0.2, 0) is 14.3 Å². The number of carbonyl (C=O) groups is 2. The first kappa shape index (κ1) is 18.2. The maximum absolute atomic E-state index is 12.6. The largest absolute Gasteiger partial charge is 0.490 e. The van der Waals surface area contributed by atoms with Gasteiger partial charge in [-0.05, 0) is 31.6 Å². The van der Waals surface area contributed by atoms with Crippen molar-refractivity contribution in [2.45, 2.75) is 13.8 Å². The monoisotopic (exact) mass is 346 g/mol. The van der Waals surface area contributed by atoms with E-state index in [1.807, 2.05) is 0 Å². The molecule has 0 radical (unpaired) electrons. The van der Waals surface area contributed by atoms with Crippen LogP contribution in [0.5, 0.6) is 5.75 Å². The molecular formula is C17H18N2O6. The van der Waals surface area contributed by atoms with Crippen molar-refractivity contribution in [3.63, 3.8) is 0 Å². The number of benzene rings is 1. The minimum atomic E-state index is -0.629. The van der Waals surface area contributed by atoms with Crippen LogP contribution in [0.25, 0.3) is 6.08 Å². The summed E-state index contributed by atoms with van der Waals surface area (Å²) in [5, 5.41) is 11.1. The molecular weight excluding hydrogens is 328 g/mol. The van der Waals surface area contributed by atoms with Gasteiger partial charge in [0.1, 0.15) is 0 Å². The highest BCUT2D eigenvalue weighted by molar-refractivity contribution is 6.16. The number of methoxy groups -OCH3 is 2. The van der Waals surface area contributed by atoms with E-state index in [4.69, 9.17) is 9.47 Å². The third-order valence-corrected chi connectivity index (χ3v) is 3.93. The predicted octanol–water partition coefficient (Wildman–Crippen LogP) is 2.30. The van der Waals surface area contributed by atoms with E-state index < -0.39 is 10.9 Å². The van der Waals surface area contributed by atoms with Gasteiger partial charge >= 0.3 is 11.7 Å².